The van der Waals surface area contributed by atoms with Crippen LogP contribution in [0.25, 0.3) is 0 Å². The highest BCUT2D eigenvalue weighted by Crippen LogP contribution is 2.33. The smallest absolute Gasteiger partial charge is 0.342 e. The molecule has 128 valence electrons. The van der Waals surface area contributed by atoms with E-state index in [4.69, 9.17) is 4.74 Å². The number of H-pyrrole nitrogens is 1. The van der Waals surface area contributed by atoms with Crippen molar-refractivity contribution in [3.05, 3.63) is 52.8 Å². The number of esters is 1. The average molecular weight is 329 g/mol. The van der Waals surface area contributed by atoms with E-state index < -0.39 is 5.97 Å². The average Bonchev–Trinajstić information content (AvgIpc) is 3.06. The number of phenols is 1. The maximum atomic E-state index is 12.3. The van der Waals surface area contributed by atoms with Crippen molar-refractivity contribution in [2.75, 3.05) is 6.61 Å². The van der Waals surface area contributed by atoms with Gasteiger partial charge in [0.1, 0.15) is 11.3 Å². The number of aromatic nitrogens is 1. The maximum Gasteiger partial charge on any atom is 0.342 e. The van der Waals surface area contributed by atoms with E-state index in [0.717, 1.165) is 5.56 Å². The normalized spacial score (nSPS) is 11.1. The van der Waals surface area contributed by atoms with Crippen LogP contribution in [-0.2, 0) is 4.74 Å². The summed E-state index contributed by atoms with van der Waals surface area (Å²) in [6.45, 7) is 7.55. The van der Waals surface area contributed by atoms with Gasteiger partial charge in [-0.1, -0.05) is 33.8 Å². The van der Waals surface area contributed by atoms with E-state index in [1.807, 2.05) is 33.8 Å². The number of carbonyl (C=O) groups excluding carboxylic acids is 2. The highest BCUT2D eigenvalue weighted by atomic mass is 16.5. The quantitative estimate of drug-likeness (QED) is 0.620. The minimum atomic E-state index is -0.697. The van der Waals surface area contributed by atoms with E-state index in [2.05, 4.69) is 4.98 Å². The number of Topliss-reactive ketones (excluding diaryl/α,β-unsaturated/α-hetero) is 1. The molecule has 0 fully saturated rings. The van der Waals surface area contributed by atoms with Crippen molar-refractivity contribution in [2.45, 2.75) is 39.5 Å². The number of carbonyl (C=O) groups is 2. The van der Waals surface area contributed by atoms with Crippen LogP contribution in [0.1, 0.15) is 71.5 Å². The molecule has 0 aliphatic carbocycles. The molecule has 24 heavy (non-hydrogen) atoms. The molecule has 0 amide bonds. The van der Waals surface area contributed by atoms with Gasteiger partial charge < -0.3 is 14.8 Å². The molecule has 0 spiro atoms. The number of aromatic hydroxyl groups is 1. The van der Waals surface area contributed by atoms with Gasteiger partial charge in [0.2, 0.25) is 5.78 Å². The first-order valence-corrected chi connectivity index (χ1v) is 8.01. The number of benzene rings is 1. The Morgan fingerprint density at radius 2 is 1.88 bits per heavy atom. The van der Waals surface area contributed by atoms with Gasteiger partial charge in [-0.25, -0.2) is 4.79 Å². The van der Waals surface area contributed by atoms with E-state index in [-0.39, 0.29) is 35.5 Å². The SMILES string of the molecule is CC(C)c1cc(C(=O)OCC(=O)c2ccc[nH]2)c(O)c(C(C)C)c1. The molecule has 1 aromatic carbocycles. The molecule has 0 saturated heterocycles. The van der Waals surface area contributed by atoms with Crippen LogP contribution in [0.2, 0.25) is 0 Å². The number of hydrogen-bond donors (Lipinski definition) is 2. The van der Waals surface area contributed by atoms with Crippen molar-refractivity contribution < 1.29 is 19.4 Å². The summed E-state index contributed by atoms with van der Waals surface area (Å²) in [6.07, 6.45) is 1.63. The summed E-state index contributed by atoms with van der Waals surface area (Å²) in [5, 5.41) is 10.4. The van der Waals surface area contributed by atoms with Crippen LogP contribution in [0.3, 0.4) is 0 Å². The number of aromatic amines is 1. The molecule has 2 N–H and O–H groups in total. The summed E-state index contributed by atoms with van der Waals surface area (Å²) >= 11 is 0. The predicted molar refractivity (Wildman–Crippen MR) is 91.7 cm³/mol. The van der Waals surface area contributed by atoms with Gasteiger partial charge >= 0.3 is 5.97 Å². The Bertz CT molecular complexity index is 730. The Kier molecular flexibility index (Phi) is 5.44. The first kappa shape index (κ1) is 17.8. The van der Waals surface area contributed by atoms with Crippen LogP contribution < -0.4 is 0 Å². The van der Waals surface area contributed by atoms with E-state index in [1.165, 1.54) is 0 Å². The molecule has 0 saturated carbocycles. The highest BCUT2D eigenvalue weighted by Gasteiger charge is 2.21. The molecule has 0 bridgehead atoms. The molecule has 0 aliphatic heterocycles. The van der Waals surface area contributed by atoms with Crippen LogP contribution in [-0.4, -0.2) is 28.4 Å². The van der Waals surface area contributed by atoms with Gasteiger partial charge in [0.05, 0.1) is 5.69 Å². The number of ether oxygens (including phenoxy) is 1. The van der Waals surface area contributed by atoms with Gasteiger partial charge in [-0.05, 0) is 41.2 Å². The van der Waals surface area contributed by atoms with Gasteiger partial charge in [-0.3, -0.25) is 4.79 Å². The summed E-state index contributed by atoms with van der Waals surface area (Å²) in [5.74, 6) is -0.827. The summed E-state index contributed by atoms with van der Waals surface area (Å²) in [6, 6.07) is 6.85. The van der Waals surface area contributed by atoms with Crippen LogP contribution in [0, 0.1) is 0 Å². The van der Waals surface area contributed by atoms with E-state index in [9.17, 15) is 14.7 Å². The van der Waals surface area contributed by atoms with E-state index in [0.29, 0.717) is 11.3 Å². The molecule has 0 aliphatic rings. The molecule has 2 rings (SSSR count). The van der Waals surface area contributed by atoms with Crippen molar-refractivity contribution in [3.8, 4) is 5.75 Å². The first-order chi connectivity index (χ1) is 11.3. The summed E-state index contributed by atoms with van der Waals surface area (Å²) in [5.41, 5.74) is 2.12. The third-order valence-electron chi connectivity index (χ3n) is 3.90. The topological polar surface area (TPSA) is 79.4 Å². The largest absolute Gasteiger partial charge is 0.507 e. The Morgan fingerprint density at radius 3 is 2.42 bits per heavy atom. The van der Waals surface area contributed by atoms with E-state index in [1.54, 1.807) is 24.4 Å². The Morgan fingerprint density at radius 1 is 1.17 bits per heavy atom. The molecule has 0 atom stereocenters. The Labute approximate surface area is 141 Å². The van der Waals surface area contributed by atoms with Crippen molar-refractivity contribution in [2.24, 2.45) is 0 Å². The van der Waals surface area contributed by atoms with Crippen LogP contribution in [0.4, 0.5) is 0 Å². The maximum absolute atomic E-state index is 12.3. The predicted octanol–water partition coefficient (Wildman–Crippen LogP) is 4.01. The molecule has 0 unspecified atom stereocenters. The minimum Gasteiger partial charge on any atom is -0.507 e. The number of phenolic OH excluding ortho intramolecular Hbond substituents is 1. The number of rotatable bonds is 6. The van der Waals surface area contributed by atoms with Gasteiger partial charge in [0.15, 0.2) is 6.61 Å². The molecule has 2 aromatic rings. The lowest BCUT2D eigenvalue weighted by Gasteiger charge is -2.16. The molecular weight excluding hydrogens is 306 g/mol. The molecule has 5 heteroatoms. The molecule has 1 heterocycles. The fourth-order valence-corrected chi connectivity index (χ4v) is 2.40. The monoisotopic (exact) mass is 329 g/mol. The second-order valence-electron chi connectivity index (χ2n) is 6.40. The van der Waals surface area contributed by atoms with Crippen molar-refractivity contribution in [1.29, 1.82) is 0 Å². The van der Waals surface area contributed by atoms with Crippen LogP contribution >= 0.6 is 0 Å². The van der Waals surface area contributed by atoms with Gasteiger partial charge in [-0.15, -0.1) is 0 Å². The summed E-state index contributed by atoms with van der Waals surface area (Å²) < 4.78 is 5.10. The van der Waals surface area contributed by atoms with Gasteiger partial charge in [0.25, 0.3) is 0 Å². The lowest BCUT2D eigenvalue weighted by atomic mass is 9.92. The zero-order chi connectivity index (χ0) is 17.9. The van der Waals surface area contributed by atoms with Crippen molar-refractivity contribution in [1.82, 2.24) is 4.98 Å². The number of hydrogen-bond acceptors (Lipinski definition) is 4. The lowest BCUT2D eigenvalue weighted by molar-refractivity contribution is 0.0470. The number of nitrogens with one attached hydrogen (secondary N) is 1. The van der Waals surface area contributed by atoms with Crippen LogP contribution in [0.15, 0.2) is 30.5 Å². The van der Waals surface area contributed by atoms with Gasteiger partial charge in [-0.2, -0.15) is 0 Å². The molecular formula is C19H23NO4. The van der Waals surface area contributed by atoms with E-state index >= 15 is 0 Å². The highest BCUT2D eigenvalue weighted by molar-refractivity contribution is 5.99. The Hall–Kier alpha value is -2.56. The standard InChI is InChI=1S/C19H23NO4/c1-11(2)13-8-14(12(3)4)18(22)15(9-13)19(23)24-10-17(21)16-6-5-7-20-16/h5-9,11-12,20,22H,10H2,1-4H3. The third-order valence-corrected chi connectivity index (χ3v) is 3.90. The Balaban J connectivity index is 2.23. The fourth-order valence-electron chi connectivity index (χ4n) is 2.40. The third kappa shape index (κ3) is 3.85. The second kappa shape index (κ2) is 7.34. The zero-order valence-corrected chi connectivity index (χ0v) is 14.4. The van der Waals surface area contributed by atoms with Crippen molar-refractivity contribution >= 4 is 11.8 Å². The first-order valence-electron chi connectivity index (χ1n) is 8.01. The second-order valence-corrected chi connectivity index (χ2v) is 6.40. The summed E-state index contributed by atoms with van der Waals surface area (Å²) in [4.78, 5) is 27.0. The summed E-state index contributed by atoms with van der Waals surface area (Å²) in [7, 11) is 0. The molecule has 1 aromatic heterocycles. The van der Waals surface area contributed by atoms with Gasteiger partial charge in [0, 0.05) is 6.20 Å². The minimum absolute atomic E-state index is 0.0656. The number of ketones is 1. The molecule has 5 nitrogen and oxygen atoms in total. The van der Waals surface area contributed by atoms with Crippen molar-refractivity contribution in [3.63, 3.8) is 0 Å². The zero-order valence-electron chi connectivity index (χ0n) is 14.4. The lowest BCUT2D eigenvalue weighted by Crippen LogP contribution is -2.15. The molecule has 0 radical (unpaired) electrons. The van der Waals surface area contributed by atoms with Crippen LogP contribution in [0.5, 0.6) is 5.75 Å². The fraction of sp³-hybridized carbons (Fsp3) is 0.368.